The first-order valence-electron chi connectivity index (χ1n) is 5.39. The molecule has 2 nitrogen and oxygen atoms in total. The van der Waals surface area contributed by atoms with E-state index in [1.165, 1.54) is 0 Å². The predicted molar refractivity (Wildman–Crippen MR) is 69.4 cm³/mol. The highest BCUT2D eigenvalue weighted by Crippen LogP contribution is 2.21. The van der Waals surface area contributed by atoms with Gasteiger partial charge in [-0.3, -0.25) is 0 Å². The molecule has 0 fully saturated rings. The third-order valence-electron chi connectivity index (χ3n) is 2.54. The van der Waals surface area contributed by atoms with E-state index >= 15 is 0 Å². The number of nitrogens with two attached hydrogens (primary N) is 1. The maximum Gasteiger partial charge on any atom is 0.0995 e. The lowest BCUT2D eigenvalue weighted by Gasteiger charge is -2.14. The van der Waals surface area contributed by atoms with Crippen LogP contribution in [-0.2, 0) is 0 Å². The van der Waals surface area contributed by atoms with Crippen molar-refractivity contribution in [3.05, 3.63) is 35.4 Å². The first kappa shape index (κ1) is 15.0. The van der Waals surface area contributed by atoms with Gasteiger partial charge in [-0.25, -0.2) is 0 Å². The molecule has 1 aromatic rings. The van der Waals surface area contributed by atoms with Crippen molar-refractivity contribution in [2.75, 3.05) is 0 Å². The number of nitrogens with zero attached hydrogens (tertiary/aromatic N) is 1. The quantitative estimate of drug-likeness (QED) is 0.874. The molecule has 0 spiro atoms. The molecule has 0 radical (unpaired) electrons. The van der Waals surface area contributed by atoms with E-state index in [-0.39, 0.29) is 18.4 Å². The van der Waals surface area contributed by atoms with E-state index in [1.54, 1.807) is 0 Å². The lowest BCUT2D eigenvalue weighted by molar-refractivity contribution is 0.507. The maximum absolute atomic E-state index is 8.94. The van der Waals surface area contributed by atoms with Crippen LogP contribution < -0.4 is 5.73 Å². The van der Waals surface area contributed by atoms with Crippen molar-refractivity contribution in [1.82, 2.24) is 0 Å². The zero-order valence-electron chi connectivity index (χ0n) is 9.81. The summed E-state index contributed by atoms with van der Waals surface area (Å²) in [6.45, 7) is 4.37. The van der Waals surface area contributed by atoms with Crippen molar-refractivity contribution < 1.29 is 0 Å². The summed E-state index contributed by atoms with van der Waals surface area (Å²) in [6, 6.07) is 9.75. The van der Waals surface area contributed by atoms with E-state index in [0.29, 0.717) is 11.5 Å². The molecular weight excluding hydrogens is 220 g/mol. The van der Waals surface area contributed by atoms with Crippen LogP contribution in [0.25, 0.3) is 0 Å². The largest absolute Gasteiger partial charge is 0.324 e. The molecule has 0 aliphatic carbocycles. The van der Waals surface area contributed by atoms with Crippen molar-refractivity contribution in [1.29, 1.82) is 5.26 Å². The van der Waals surface area contributed by atoms with Crippen LogP contribution in [0.2, 0.25) is 0 Å². The Bertz CT molecular complexity index is 355. The van der Waals surface area contributed by atoms with Crippen LogP contribution >= 0.6 is 12.4 Å². The molecule has 0 aliphatic heterocycles. The molecule has 1 rings (SSSR count). The minimum Gasteiger partial charge on any atom is -0.324 e. The van der Waals surface area contributed by atoms with E-state index < -0.39 is 0 Å². The molecular formula is C13H19ClN2. The average Bonchev–Trinajstić information content (AvgIpc) is 2.25. The van der Waals surface area contributed by atoms with E-state index in [4.69, 9.17) is 11.0 Å². The Morgan fingerprint density at radius 1 is 1.25 bits per heavy atom. The number of halogens is 1. The molecule has 1 aromatic carbocycles. The number of hydrogen-bond donors (Lipinski definition) is 1. The Morgan fingerprint density at radius 2 is 1.88 bits per heavy atom. The van der Waals surface area contributed by atoms with Gasteiger partial charge in [0.2, 0.25) is 0 Å². The van der Waals surface area contributed by atoms with Crippen LogP contribution in [0, 0.1) is 17.2 Å². The molecule has 1 atom stereocenters. The molecule has 0 saturated carbocycles. The Hall–Kier alpha value is -1.04. The molecule has 3 heteroatoms. The van der Waals surface area contributed by atoms with Crippen LogP contribution in [0.3, 0.4) is 0 Å². The SMILES string of the molecule is CC(C)CC[C@@H](N)c1ccccc1C#N.Cl. The summed E-state index contributed by atoms with van der Waals surface area (Å²) in [6.07, 6.45) is 2.04. The summed E-state index contributed by atoms with van der Waals surface area (Å²) >= 11 is 0. The average molecular weight is 239 g/mol. The molecule has 0 aliphatic rings. The van der Waals surface area contributed by atoms with Crippen molar-refractivity contribution in [2.45, 2.75) is 32.7 Å². The lowest BCUT2D eigenvalue weighted by atomic mass is 9.95. The fourth-order valence-corrected chi connectivity index (χ4v) is 1.59. The maximum atomic E-state index is 8.94. The second-order valence-electron chi connectivity index (χ2n) is 4.28. The Labute approximate surface area is 104 Å². The summed E-state index contributed by atoms with van der Waals surface area (Å²) in [5.74, 6) is 0.658. The normalized spacial score (nSPS) is 11.7. The van der Waals surface area contributed by atoms with E-state index in [0.717, 1.165) is 18.4 Å². The Morgan fingerprint density at radius 3 is 2.44 bits per heavy atom. The molecule has 0 unspecified atom stereocenters. The van der Waals surface area contributed by atoms with Gasteiger partial charge in [-0.05, 0) is 30.4 Å². The Balaban J connectivity index is 0.00000225. The highest BCUT2D eigenvalue weighted by Gasteiger charge is 2.10. The first-order chi connectivity index (χ1) is 7.15. The third kappa shape index (κ3) is 4.22. The second-order valence-corrected chi connectivity index (χ2v) is 4.28. The minimum absolute atomic E-state index is 0. The van der Waals surface area contributed by atoms with Crippen molar-refractivity contribution in [2.24, 2.45) is 11.7 Å². The topological polar surface area (TPSA) is 49.8 Å². The molecule has 0 heterocycles. The number of hydrogen-bond acceptors (Lipinski definition) is 2. The van der Waals surface area contributed by atoms with Crippen LogP contribution in [0.1, 0.15) is 43.9 Å². The van der Waals surface area contributed by atoms with Gasteiger partial charge in [0.15, 0.2) is 0 Å². The molecule has 0 amide bonds. The van der Waals surface area contributed by atoms with E-state index in [9.17, 15) is 0 Å². The number of benzene rings is 1. The van der Waals surface area contributed by atoms with E-state index in [2.05, 4.69) is 19.9 Å². The first-order valence-corrected chi connectivity index (χ1v) is 5.39. The second kappa shape index (κ2) is 7.27. The third-order valence-corrected chi connectivity index (χ3v) is 2.54. The van der Waals surface area contributed by atoms with Crippen LogP contribution in [0.5, 0.6) is 0 Å². The van der Waals surface area contributed by atoms with Gasteiger partial charge in [-0.2, -0.15) is 5.26 Å². The summed E-state index contributed by atoms with van der Waals surface area (Å²) in [5.41, 5.74) is 7.74. The van der Waals surface area contributed by atoms with Gasteiger partial charge in [0.05, 0.1) is 11.6 Å². The fourth-order valence-electron chi connectivity index (χ4n) is 1.59. The molecule has 0 bridgehead atoms. The van der Waals surface area contributed by atoms with Crippen molar-refractivity contribution >= 4 is 12.4 Å². The van der Waals surface area contributed by atoms with Crippen LogP contribution in [-0.4, -0.2) is 0 Å². The Kier molecular flexibility index (Phi) is 6.80. The number of nitriles is 1. The fraction of sp³-hybridized carbons (Fsp3) is 0.462. The van der Waals surface area contributed by atoms with Gasteiger partial charge < -0.3 is 5.73 Å². The van der Waals surface area contributed by atoms with Crippen LogP contribution in [0.4, 0.5) is 0 Å². The monoisotopic (exact) mass is 238 g/mol. The smallest absolute Gasteiger partial charge is 0.0995 e. The van der Waals surface area contributed by atoms with Gasteiger partial charge in [0.25, 0.3) is 0 Å². The van der Waals surface area contributed by atoms with Gasteiger partial charge in [-0.1, -0.05) is 32.0 Å². The van der Waals surface area contributed by atoms with E-state index in [1.807, 2.05) is 24.3 Å². The molecule has 16 heavy (non-hydrogen) atoms. The number of rotatable bonds is 4. The van der Waals surface area contributed by atoms with Gasteiger partial charge in [-0.15, -0.1) is 12.4 Å². The lowest BCUT2D eigenvalue weighted by Crippen LogP contribution is -2.12. The summed E-state index contributed by atoms with van der Waals surface area (Å²) in [7, 11) is 0. The van der Waals surface area contributed by atoms with Gasteiger partial charge in [0.1, 0.15) is 0 Å². The summed E-state index contributed by atoms with van der Waals surface area (Å²) in [5, 5.41) is 8.94. The highest BCUT2D eigenvalue weighted by molar-refractivity contribution is 5.85. The zero-order valence-corrected chi connectivity index (χ0v) is 10.6. The van der Waals surface area contributed by atoms with Crippen molar-refractivity contribution in [3.63, 3.8) is 0 Å². The molecule has 0 aromatic heterocycles. The zero-order chi connectivity index (χ0) is 11.3. The minimum atomic E-state index is -0.0109. The van der Waals surface area contributed by atoms with Gasteiger partial charge >= 0.3 is 0 Å². The summed E-state index contributed by atoms with van der Waals surface area (Å²) in [4.78, 5) is 0. The van der Waals surface area contributed by atoms with Crippen LogP contribution in [0.15, 0.2) is 24.3 Å². The standard InChI is InChI=1S/C13H18N2.ClH/c1-10(2)7-8-13(15)12-6-4-3-5-11(12)9-14;/h3-6,10,13H,7-8,15H2,1-2H3;1H/t13-;/m1./s1. The predicted octanol–water partition coefficient (Wildman–Crippen LogP) is 3.42. The molecule has 0 saturated heterocycles. The summed E-state index contributed by atoms with van der Waals surface area (Å²) < 4.78 is 0. The molecule has 88 valence electrons. The highest BCUT2D eigenvalue weighted by atomic mass is 35.5. The molecule has 2 N–H and O–H groups in total. The van der Waals surface area contributed by atoms with Gasteiger partial charge in [0, 0.05) is 6.04 Å². The van der Waals surface area contributed by atoms with Crippen molar-refractivity contribution in [3.8, 4) is 6.07 Å².